The number of fused-ring (bicyclic) bond motifs is 1. The zero-order chi connectivity index (χ0) is 18.8. The van der Waals surface area contributed by atoms with Crippen molar-refractivity contribution in [2.45, 2.75) is 20.0 Å². The molecule has 1 aromatic carbocycles. The van der Waals surface area contributed by atoms with Crippen molar-refractivity contribution < 1.29 is 14.3 Å². The first-order chi connectivity index (χ1) is 13.1. The Kier molecular flexibility index (Phi) is 5.13. The van der Waals surface area contributed by atoms with Gasteiger partial charge in [-0.1, -0.05) is 6.07 Å². The van der Waals surface area contributed by atoms with Gasteiger partial charge in [0.25, 0.3) is 5.91 Å². The van der Waals surface area contributed by atoms with Crippen molar-refractivity contribution in [2.24, 2.45) is 7.05 Å². The molecule has 1 amide bonds. The number of ether oxygens (including phenoxy) is 2. The van der Waals surface area contributed by atoms with Crippen molar-refractivity contribution in [3.63, 3.8) is 0 Å². The van der Waals surface area contributed by atoms with Gasteiger partial charge < -0.3 is 14.4 Å². The SMILES string of the molecule is Cc1cc(C(=O)N2CCOc3ccc(CN4CCOCC4)cc3C2)nn1C. The summed E-state index contributed by atoms with van der Waals surface area (Å²) in [6.07, 6.45) is 0. The van der Waals surface area contributed by atoms with E-state index in [-0.39, 0.29) is 5.91 Å². The predicted molar refractivity (Wildman–Crippen MR) is 101 cm³/mol. The van der Waals surface area contributed by atoms with Gasteiger partial charge in [0.15, 0.2) is 5.69 Å². The maximum absolute atomic E-state index is 12.9. The average Bonchev–Trinajstić information content (AvgIpc) is 2.89. The number of nitrogens with zero attached hydrogens (tertiary/aromatic N) is 4. The summed E-state index contributed by atoms with van der Waals surface area (Å²) in [5.41, 5.74) is 3.75. The van der Waals surface area contributed by atoms with E-state index in [1.165, 1.54) is 5.56 Å². The molecule has 3 heterocycles. The van der Waals surface area contributed by atoms with Crippen molar-refractivity contribution in [3.05, 3.63) is 46.8 Å². The van der Waals surface area contributed by atoms with Crippen LogP contribution in [0, 0.1) is 6.92 Å². The summed E-state index contributed by atoms with van der Waals surface area (Å²) in [6, 6.07) is 8.15. The molecule has 7 nitrogen and oxygen atoms in total. The number of carbonyl (C=O) groups is 1. The molecule has 1 fully saturated rings. The van der Waals surface area contributed by atoms with Crippen LogP contribution in [0.2, 0.25) is 0 Å². The Morgan fingerprint density at radius 2 is 1.96 bits per heavy atom. The molecule has 0 saturated carbocycles. The zero-order valence-electron chi connectivity index (χ0n) is 16.0. The first kappa shape index (κ1) is 18.0. The van der Waals surface area contributed by atoms with E-state index in [0.717, 1.165) is 49.9 Å². The summed E-state index contributed by atoms with van der Waals surface area (Å²) in [5, 5.41) is 4.33. The molecule has 1 aromatic heterocycles. The number of amides is 1. The summed E-state index contributed by atoms with van der Waals surface area (Å²) in [5.74, 6) is 0.821. The van der Waals surface area contributed by atoms with Gasteiger partial charge in [-0.3, -0.25) is 14.4 Å². The number of aryl methyl sites for hydroxylation is 2. The lowest BCUT2D eigenvalue weighted by Crippen LogP contribution is -2.35. The molecule has 2 aliphatic heterocycles. The second-order valence-corrected chi connectivity index (χ2v) is 7.20. The van der Waals surface area contributed by atoms with Crippen LogP contribution < -0.4 is 4.74 Å². The highest BCUT2D eigenvalue weighted by atomic mass is 16.5. The topological polar surface area (TPSA) is 59.8 Å². The van der Waals surface area contributed by atoms with Crippen LogP contribution in [-0.2, 0) is 24.9 Å². The summed E-state index contributed by atoms with van der Waals surface area (Å²) in [6.45, 7) is 7.93. The standard InChI is InChI=1S/C20H26N4O3/c1-15-11-18(21-22(15)2)20(25)24-7-10-27-19-4-3-16(12-17(19)14-24)13-23-5-8-26-9-6-23/h3-4,11-12H,5-10,13-14H2,1-2H3. The molecular weight excluding hydrogens is 344 g/mol. The maximum atomic E-state index is 12.9. The van der Waals surface area contributed by atoms with Crippen LogP contribution in [0.4, 0.5) is 0 Å². The van der Waals surface area contributed by atoms with Crippen molar-refractivity contribution in [2.75, 3.05) is 39.5 Å². The molecule has 4 rings (SSSR count). The van der Waals surface area contributed by atoms with Crippen LogP contribution in [0.3, 0.4) is 0 Å². The highest BCUT2D eigenvalue weighted by Crippen LogP contribution is 2.26. The van der Waals surface area contributed by atoms with Gasteiger partial charge >= 0.3 is 0 Å². The molecule has 0 atom stereocenters. The first-order valence-corrected chi connectivity index (χ1v) is 9.45. The molecule has 0 bridgehead atoms. The number of morpholine rings is 1. The Balaban J connectivity index is 1.51. The van der Waals surface area contributed by atoms with E-state index in [1.54, 1.807) is 4.68 Å². The molecule has 7 heteroatoms. The molecule has 0 radical (unpaired) electrons. The minimum atomic E-state index is -0.0475. The summed E-state index contributed by atoms with van der Waals surface area (Å²) in [4.78, 5) is 17.1. The fraction of sp³-hybridized carbons (Fsp3) is 0.500. The van der Waals surface area contributed by atoms with Crippen LogP contribution in [0.1, 0.15) is 27.3 Å². The Bertz CT molecular complexity index is 807. The molecule has 1 saturated heterocycles. The molecule has 2 aromatic rings. The van der Waals surface area contributed by atoms with Crippen molar-refractivity contribution in [1.82, 2.24) is 19.6 Å². The van der Waals surface area contributed by atoms with E-state index in [9.17, 15) is 4.79 Å². The van der Waals surface area contributed by atoms with Crippen LogP contribution in [0.5, 0.6) is 5.75 Å². The summed E-state index contributed by atoms with van der Waals surface area (Å²) >= 11 is 0. The Morgan fingerprint density at radius 3 is 2.70 bits per heavy atom. The maximum Gasteiger partial charge on any atom is 0.274 e. The third-order valence-electron chi connectivity index (χ3n) is 5.23. The Hall–Kier alpha value is -2.38. The van der Waals surface area contributed by atoms with E-state index >= 15 is 0 Å². The van der Waals surface area contributed by atoms with Gasteiger partial charge in [0.2, 0.25) is 0 Å². The monoisotopic (exact) mass is 370 g/mol. The quantitative estimate of drug-likeness (QED) is 0.821. The molecule has 2 aliphatic rings. The van der Waals surface area contributed by atoms with Crippen LogP contribution in [-0.4, -0.2) is 64.9 Å². The van der Waals surface area contributed by atoms with Crippen LogP contribution >= 0.6 is 0 Å². The molecule has 0 N–H and O–H groups in total. The van der Waals surface area contributed by atoms with E-state index in [4.69, 9.17) is 9.47 Å². The highest BCUT2D eigenvalue weighted by molar-refractivity contribution is 5.92. The van der Waals surface area contributed by atoms with E-state index < -0.39 is 0 Å². The molecule has 0 aliphatic carbocycles. The highest BCUT2D eigenvalue weighted by Gasteiger charge is 2.23. The van der Waals surface area contributed by atoms with Gasteiger partial charge in [-0.25, -0.2) is 0 Å². The van der Waals surface area contributed by atoms with E-state index in [2.05, 4.69) is 22.1 Å². The van der Waals surface area contributed by atoms with Gasteiger partial charge in [0.05, 0.1) is 19.8 Å². The largest absolute Gasteiger partial charge is 0.491 e. The fourth-order valence-corrected chi connectivity index (χ4v) is 3.56. The summed E-state index contributed by atoms with van der Waals surface area (Å²) in [7, 11) is 1.85. The number of rotatable bonds is 3. The van der Waals surface area contributed by atoms with Gasteiger partial charge in [-0.15, -0.1) is 0 Å². The van der Waals surface area contributed by atoms with Crippen LogP contribution in [0.25, 0.3) is 0 Å². The summed E-state index contributed by atoms with van der Waals surface area (Å²) < 4.78 is 13.0. The van der Waals surface area contributed by atoms with E-state index in [1.807, 2.05) is 31.0 Å². The number of aromatic nitrogens is 2. The van der Waals surface area contributed by atoms with Gasteiger partial charge in [0.1, 0.15) is 12.4 Å². The van der Waals surface area contributed by atoms with Gasteiger partial charge in [0, 0.05) is 44.5 Å². The lowest BCUT2D eigenvalue weighted by molar-refractivity contribution is 0.0341. The molecular formula is C20H26N4O3. The lowest BCUT2D eigenvalue weighted by atomic mass is 10.1. The zero-order valence-corrected chi connectivity index (χ0v) is 16.0. The molecule has 27 heavy (non-hydrogen) atoms. The Morgan fingerprint density at radius 1 is 1.15 bits per heavy atom. The third kappa shape index (κ3) is 3.99. The molecule has 0 spiro atoms. The predicted octanol–water partition coefficient (Wildman–Crippen LogP) is 1.60. The van der Waals surface area contributed by atoms with E-state index in [0.29, 0.717) is 25.4 Å². The van der Waals surface area contributed by atoms with Gasteiger partial charge in [-0.2, -0.15) is 5.10 Å². The van der Waals surface area contributed by atoms with Crippen molar-refractivity contribution in [1.29, 1.82) is 0 Å². The minimum Gasteiger partial charge on any atom is -0.491 e. The third-order valence-corrected chi connectivity index (χ3v) is 5.23. The molecule has 0 unspecified atom stereocenters. The number of hydrogen-bond donors (Lipinski definition) is 0. The lowest BCUT2D eigenvalue weighted by Gasteiger charge is -2.27. The van der Waals surface area contributed by atoms with Crippen molar-refractivity contribution in [3.8, 4) is 5.75 Å². The number of carbonyl (C=O) groups excluding carboxylic acids is 1. The molecule has 144 valence electrons. The first-order valence-electron chi connectivity index (χ1n) is 9.45. The number of benzene rings is 1. The Labute approximate surface area is 159 Å². The average molecular weight is 370 g/mol. The second-order valence-electron chi connectivity index (χ2n) is 7.20. The smallest absolute Gasteiger partial charge is 0.274 e. The fourth-order valence-electron chi connectivity index (χ4n) is 3.56. The van der Waals surface area contributed by atoms with Crippen LogP contribution in [0.15, 0.2) is 24.3 Å². The van der Waals surface area contributed by atoms with Crippen molar-refractivity contribution >= 4 is 5.91 Å². The van der Waals surface area contributed by atoms with Gasteiger partial charge in [-0.05, 0) is 30.7 Å². The normalized spacial score (nSPS) is 17.9. The second kappa shape index (κ2) is 7.70. The number of hydrogen-bond acceptors (Lipinski definition) is 5. The minimum absolute atomic E-state index is 0.0475.